The normalized spacial score (nSPS) is 20.1. The number of carbonyl (C=O) groups is 1. The van der Waals surface area contributed by atoms with Gasteiger partial charge in [0.15, 0.2) is 5.82 Å². The number of aromatic nitrogens is 2. The first-order valence-electron chi connectivity index (χ1n) is 14.6. The molecule has 3 aromatic carbocycles. The number of carbonyl (C=O) groups excluding carboxylic acids is 1. The number of ether oxygens (including phenoxy) is 1. The maximum atomic E-state index is 16.7. The Hall–Kier alpha value is -4.02. The third kappa shape index (κ3) is 5.52. The number of nitrogens with zero attached hydrogens (tertiary/aromatic N) is 5. The number of fused-ring (bicyclic) bond motifs is 2. The standard InChI is InChI=1S/C33H34ClF2N5O3/c1-5-27(43)40-15-20(3)41(16-19(40)2)31-25-14-26(34)28(24-13-22(42)12-21-8-6-7-9-23(21)24)29(35)30(25)37-32(38-31)44-11-10-39-17-33(4,36)18-39/h5-9,12-14,19-20,42H,1,10-11,15-18H2,2-4H3/t19-,20+/m1/s1. The van der Waals surface area contributed by atoms with Crippen molar-refractivity contribution in [3.05, 3.63) is 66.0 Å². The van der Waals surface area contributed by atoms with Crippen LogP contribution >= 0.6 is 11.6 Å². The molecule has 0 aliphatic carbocycles. The Morgan fingerprint density at radius 3 is 2.64 bits per heavy atom. The largest absolute Gasteiger partial charge is 0.508 e. The third-order valence-corrected chi connectivity index (χ3v) is 8.72. The van der Waals surface area contributed by atoms with E-state index in [1.807, 2.05) is 47.9 Å². The lowest BCUT2D eigenvalue weighted by Gasteiger charge is -2.44. The Bertz CT molecular complexity index is 1780. The average molecular weight is 622 g/mol. The number of anilines is 1. The molecule has 1 aromatic heterocycles. The van der Waals surface area contributed by atoms with Crippen molar-refractivity contribution in [3.8, 4) is 22.9 Å². The number of hydrogen-bond acceptors (Lipinski definition) is 7. The Labute approximate surface area is 259 Å². The van der Waals surface area contributed by atoms with Gasteiger partial charge < -0.3 is 19.6 Å². The number of alkyl halides is 1. The van der Waals surface area contributed by atoms with E-state index in [1.54, 1.807) is 24.0 Å². The summed E-state index contributed by atoms with van der Waals surface area (Å²) in [5.41, 5.74) is -0.657. The first kappa shape index (κ1) is 30.0. The highest BCUT2D eigenvalue weighted by Crippen LogP contribution is 2.43. The lowest BCUT2D eigenvalue weighted by Crippen LogP contribution is -2.58. The predicted molar refractivity (Wildman–Crippen MR) is 169 cm³/mol. The van der Waals surface area contributed by atoms with E-state index >= 15 is 4.39 Å². The van der Waals surface area contributed by atoms with Gasteiger partial charge in [0.1, 0.15) is 29.4 Å². The van der Waals surface area contributed by atoms with Gasteiger partial charge in [-0.05, 0) is 61.4 Å². The van der Waals surface area contributed by atoms with Crippen LogP contribution in [0, 0.1) is 5.82 Å². The van der Waals surface area contributed by atoms with E-state index in [1.165, 1.54) is 12.1 Å². The lowest BCUT2D eigenvalue weighted by molar-refractivity contribution is -0.128. The smallest absolute Gasteiger partial charge is 0.319 e. The SMILES string of the molecule is C=CC(=O)N1C[C@H](C)N(c2nc(OCCN3CC(C)(F)C3)nc3c(F)c(-c4cc(O)cc5ccccc45)c(Cl)cc23)C[C@H]1C. The average Bonchev–Trinajstić information content (AvgIpc) is 2.96. The minimum Gasteiger partial charge on any atom is -0.508 e. The van der Waals surface area contributed by atoms with Crippen molar-refractivity contribution in [3.63, 3.8) is 0 Å². The van der Waals surface area contributed by atoms with Crippen molar-refractivity contribution >= 4 is 45.0 Å². The number of amides is 1. The number of halogens is 3. The van der Waals surface area contributed by atoms with Crippen LogP contribution < -0.4 is 9.64 Å². The van der Waals surface area contributed by atoms with Gasteiger partial charge in [0.25, 0.3) is 0 Å². The fraction of sp³-hybridized carbons (Fsp3) is 0.364. The van der Waals surface area contributed by atoms with Crippen molar-refractivity contribution in [2.75, 3.05) is 44.2 Å². The molecule has 6 rings (SSSR count). The maximum Gasteiger partial charge on any atom is 0.319 e. The van der Waals surface area contributed by atoms with Gasteiger partial charge in [-0.15, -0.1) is 0 Å². The molecule has 2 saturated heterocycles. The Kier molecular flexibility index (Phi) is 7.83. The Morgan fingerprint density at radius 2 is 1.91 bits per heavy atom. The highest BCUT2D eigenvalue weighted by molar-refractivity contribution is 6.35. The Balaban J connectivity index is 1.46. The summed E-state index contributed by atoms with van der Waals surface area (Å²) in [7, 11) is 0. The van der Waals surface area contributed by atoms with Crippen LogP contribution in [0.3, 0.4) is 0 Å². The summed E-state index contributed by atoms with van der Waals surface area (Å²) >= 11 is 6.83. The molecular formula is C33H34ClF2N5O3. The molecule has 2 atom stereocenters. The summed E-state index contributed by atoms with van der Waals surface area (Å²) in [6, 6.07) is 11.7. The van der Waals surface area contributed by atoms with Crippen molar-refractivity contribution in [1.29, 1.82) is 0 Å². The summed E-state index contributed by atoms with van der Waals surface area (Å²) in [4.78, 5) is 27.4. The van der Waals surface area contributed by atoms with Gasteiger partial charge >= 0.3 is 6.01 Å². The number of benzene rings is 3. The van der Waals surface area contributed by atoms with Gasteiger partial charge in [0.2, 0.25) is 5.91 Å². The molecule has 2 fully saturated rings. The molecule has 44 heavy (non-hydrogen) atoms. The van der Waals surface area contributed by atoms with Crippen LogP contribution in [0.1, 0.15) is 20.8 Å². The van der Waals surface area contributed by atoms with Gasteiger partial charge in [0.05, 0.1) is 5.02 Å². The van der Waals surface area contributed by atoms with E-state index in [9.17, 15) is 14.3 Å². The second kappa shape index (κ2) is 11.5. The molecule has 2 aliphatic heterocycles. The number of likely N-dealkylation sites (tertiary alicyclic amines) is 1. The molecule has 0 saturated carbocycles. The minimum absolute atomic E-state index is 0.0153. The number of phenolic OH excluding ortho intramolecular Hbond substituents is 1. The van der Waals surface area contributed by atoms with Crippen molar-refractivity contribution in [2.24, 2.45) is 0 Å². The number of piperazine rings is 1. The molecule has 11 heteroatoms. The number of rotatable bonds is 7. The molecule has 8 nitrogen and oxygen atoms in total. The molecule has 230 valence electrons. The van der Waals surface area contributed by atoms with E-state index in [4.69, 9.17) is 21.3 Å². The molecule has 0 bridgehead atoms. The van der Waals surface area contributed by atoms with Crippen LogP contribution in [0.5, 0.6) is 11.8 Å². The van der Waals surface area contributed by atoms with Crippen molar-refractivity contribution in [2.45, 2.75) is 38.5 Å². The molecule has 0 radical (unpaired) electrons. The molecule has 4 aromatic rings. The second-order valence-electron chi connectivity index (χ2n) is 12.0. The lowest BCUT2D eigenvalue weighted by atomic mass is 9.96. The molecule has 1 amide bonds. The van der Waals surface area contributed by atoms with Crippen LogP contribution in [-0.4, -0.2) is 87.9 Å². The fourth-order valence-electron chi connectivity index (χ4n) is 6.35. The third-order valence-electron chi connectivity index (χ3n) is 8.42. The summed E-state index contributed by atoms with van der Waals surface area (Å²) in [6.07, 6.45) is 1.30. The predicted octanol–water partition coefficient (Wildman–Crippen LogP) is 5.98. The molecule has 0 spiro atoms. The van der Waals surface area contributed by atoms with Crippen molar-refractivity contribution in [1.82, 2.24) is 19.8 Å². The summed E-state index contributed by atoms with van der Waals surface area (Å²) < 4.78 is 36.7. The monoisotopic (exact) mass is 621 g/mol. The quantitative estimate of drug-likeness (QED) is 0.254. The van der Waals surface area contributed by atoms with E-state index in [0.717, 1.165) is 10.8 Å². The van der Waals surface area contributed by atoms with Crippen LogP contribution in [-0.2, 0) is 4.79 Å². The van der Waals surface area contributed by atoms with Crippen LogP contribution in [0.2, 0.25) is 5.02 Å². The zero-order valence-corrected chi connectivity index (χ0v) is 25.6. The first-order valence-corrected chi connectivity index (χ1v) is 15.0. The number of hydrogen-bond donors (Lipinski definition) is 1. The highest BCUT2D eigenvalue weighted by atomic mass is 35.5. The van der Waals surface area contributed by atoms with Gasteiger partial charge in [-0.1, -0.05) is 42.4 Å². The molecule has 2 aliphatic rings. The highest BCUT2D eigenvalue weighted by Gasteiger charge is 2.38. The summed E-state index contributed by atoms with van der Waals surface area (Å²) in [5, 5.41) is 12.5. The van der Waals surface area contributed by atoms with Gasteiger partial charge in [-0.25, -0.2) is 8.78 Å². The first-order chi connectivity index (χ1) is 21.0. The topological polar surface area (TPSA) is 82.0 Å². The second-order valence-corrected chi connectivity index (χ2v) is 12.4. The van der Waals surface area contributed by atoms with Crippen LogP contribution in [0.25, 0.3) is 32.8 Å². The molecule has 1 N–H and O–H groups in total. The fourth-order valence-corrected chi connectivity index (χ4v) is 6.64. The van der Waals surface area contributed by atoms with E-state index in [-0.39, 0.29) is 52.5 Å². The maximum absolute atomic E-state index is 16.7. The van der Waals surface area contributed by atoms with Crippen LogP contribution in [0.4, 0.5) is 14.6 Å². The zero-order chi connectivity index (χ0) is 31.3. The zero-order valence-electron chi connectivity index (χ0n) is 24.9. The molecule has 0 unspecified atom stereocenters. The number of phenols is 1. The number of aromatic hydroxyl groups is 1. The molecular weight excluding hydrogens is 588 g/mol. The summed E-state index contributed by atoms with van der Waals surface area (Å²) in [6.45, 7) is 11.2. The van der Waals surface area contributed by atoms with E-state index in [2.05, 4.69) is 11.6 Å². The van der Waals surface area contributed by atoms with Crippen molar-refractivity contribution < 1.29 is 23.4 Å². The minimum atomic E-state index is -1.20. The Morgan fingerprint density at radius 1 is 1.16 bits per heavy atom. The van der Waals surface area contributed by atoms with Gasteiger partial charge in [0, 0.05) is 55.8 Å². The van der Waals surface area contributed by atoms with Gasteiger partial charge in [-0.3, -0.25) is 9.69 Å². The van der Waals surface area contributed by atoms with Gasteiger partial charge in [-0.2, -0.15) is 9.97 Å². The molecule has 3 heterocycles. The summed E-state index contributed by atoms with van der Waals surface area (Å²) in [5.74, 6) is -0.419. The van der Waals surface area contributed by atoms with Crippen LogP contribution in [0.15, 0.2) is 55.1 Å². The van der Waals surface area contributed by atoms with E-state index < -0.39 is 11.5 Å². The van der Waals surface area contributed by atoms with E-state index in [0.29, 0.717) is 49.5 Å².